The van der Waals surface area contributed by atoms with Crippen molar-refractivity contribution >= 4 is 124 Å². The molecule has 13 aromatic rings. The lowest BCUT2D eigenvalue weighted by atomic mass is 9.31. The maximum absolute atomic E-state index is 7.48. The molecule has 0 spiro atoms. The number of hydrogen-bond acceptors (Lipinski definition) is 4. The van der Waals surface area contributed by atoms with Crippen LogP contribution in [0.3, 0.4) is 0 Å². The lowest BCUT2D eigenvalue weighted by Crippen LogP contribution is -2.62. The van der Waals surface area contributed by atoms with Crippen LogP contribution < -0.4 is 52.1 Å². The normalized spacial score (nSPS) is 13.0. The Morgan fingerprint density at radius 2 is 0.662 bits per heavy atom. The van der Waals surface area contributed by atoms with Crippen molar-refractivity contribution < 1.29 is 9.47 Å². The van der Waals surface area contributed by atoms with Gasteiger partial charge in [0.1, 0.15) is 23.0 Å². The molecule has 0 aliphatic carbocycles. The summed E-state index contributed by atoms with van der Waals surface area (Å²) in [6, 6.07) is 87.8. The molecule has 0 radical (unpaired) electrons. The molecule has 4 aliphatic rings. The van der Waals surface area contributed by atoms with Crippen molar-refractivity contribution in [2.75, 3.05) is 9.80 Å². The van der Waals surface area contributed by atoms with Crippen molar-refractivity contribution in [2.24, 2.45) is 0 Å². The maximum atomic E-state index is 7.48. The highest BCUT2D eigenvalue weighted by Gasteiger charge is 2.46. The molecule has 0 saturated heterocycles. The van der Waals surface area contributed by atoms with Crippen LogP contribution in [0.1, 0.15) is 0 Å². The number of fused-ring (bicyclic) bond motifs is 16. The summed E-state index contributed by atoms with van der Waals surface area (Å²) in [4.78, 5) is 4.78. The van der Waals surface area contributed by atoms with Gasteiger partial charge in [-0.25, -0.2) is 0 Å². The third-order valence-corrected chi connectivity index (χ3v) is 16.1. The van der Waals surface area contributed by atoms with Crippen LogP contribution in [0.5, 0.6) is 23.0 Å². The molecule has 0 unspecified atom stereocenters. The van der Waals surface area contributed by atoms with E-state index in [9.17, 15) is 0 Å². The predicted octanol–water partition coefficient (Wildman–Crippen LogP) is 12.7. The van der Waals surface area contributed by atoms with Crippen molar-refractivity contribution in [3.05, 3.63) is 243 Å². The Labute approximate surface area is 427 Å². The minimum atomic E-state index is -0.120. The van der Waals surface area contributed by atoms with Crippen LogP contribution in [-0.4, -0.2) is 22.6 Å². The summed E-state index contributed by atoms with van der Waals surface area (Å²) >= 11 is 0. The molecule has 0 amide bonds. The molecule has 0 atom stereocenters. The van der Waals surface area contributed by atoms with Crippen molar-refractivity contribution in [1.82, 2.24) is 9.13 Å². The number of benzene rings is 11. The summed E-state index contributed by atoms with van der Waals surface area (Å²) in [6.45, 7) is -0.241. The molecule has 0 bridgehead atoms. The first-order chi connectivity index (χ1) is 36.8. The maximum Gasteiger partial charge on any atom is 0.256 e. The SMILES string of the molecule is c1ccc(N(c2ccccc2)c2cc3c4c5c2c2ccccc2n5-c2ccccc2B4c2cc4c(cc2O3)Oc2cc(N(c3ccccc3)c3ccccc3)c3c5ccccc5n5c3c2B4c2ccccc2-5)cc1. The Morgan fingerprint density at radius 3 is 1.07 bits per heavy atom. The summed E-state index contributed by atoms with van der Waals surface area (Å²) in [5.41, 5.74) is 20.6. The summed E-state index contributed by atoms with van der Waals surface area (Å²) in [5, 5.41) is 4.79. The quantitative estimate of drug-likeness (QED) is 0.156. The number of rotatable bonds is 6. The molecular formula is C66H40B2N4O2. The van der Waals surface area contributed by atoms with Crippen LogP contribution in [0.4, 0.5) is 34.1 Å². The third kappa shape index (κ3) is 5.30. The molecule has 0 saturated carbocycles. The van der Waals surface area contributed by atoms with Crippen molar-refractivity contribution in [1.29, 1.82) is 0 Å². The number of aromatic nitrogens is 2. The van der Waals surface area contributed by atoms with Gasteiger partial charge in [0.2, 0.25) is 0 Å². The zero-order valence-corrected chi connectivity index (χ0v) is 39.9. The number of hydrogen-bond donors (Lipinski definition) is 0. The zero-order valence-electron chi connectivity index (χ0n) is 39.9. The summed E-state index contributed by atoms with van der Waals surface area (Å²) in [7, 11) is 0. The van der Waals surface area contributed by atoms with E-state index in [1.165, 1.54) is 76.8 Å². The van der Waals surface area contributed by atoms with E-state index in [2.05, 4.69) is 262 Å². The molecule has 17 rings (SSSR count). The van der Waals surface area contributed by atoms with E-state index < -0.39 is 0 Å². The van der Waals surface area contributed by atoms with E-state index in [1.807, 2.05) is 0 Å². The number of nitrogens with zero attached hydrogens (tertiary/aromatic N) is 4. The van der Waals surface area contributed by atoms with E-state index in [4.69, 9.17) is 9.47 Å². The predicted molar refractivity (Wildman–Crippen MR) is 307 cm³/mol. The fourth-order valence-corrected chi connectivity index (χ4v) is 13.3. The lowest BCUT2D eigenvalue weighted by Gasteiger charge is -2.38. The van der Waals surface area contributed by atoms with E-state index >= 15 is 0 Å². The van der Waals surface area contributed by atoms with Crippen molar-refractivity contribution in [2.45, 2.75) is 0 Å². The molecule has 342 valence electrons. The van der Waals surface area contributed by atoms with Crippen molar-refractivity contribution in [3.63, 3.8) is 0 Å². The Morgan fingerprint density at radius 1 is 0.311 bits per heavy atom. The number of para-hydroxylation sites is 8. The average molecular weight is 943 g/mol. The van der Waals surface area contributed by atoms with E-state index in [1.54, 1.807) is 0 Å². The average Bonchev–Trinajstić information content (AvgIpc) is 4.01. The largest absolute Gasteiger partial charge is 0.458 e. The van der Waals surface area contributed by atoms with Gasteiger partial charge in [-0.15, -0.1) is 0 Å². The molecule has 6 heterocycles. The second-order valence-electron chi connectivity index (χ2n) is 19.9. The van der Waals surface area contributed by atoms with Crippen molar-refractivity contribution in [3.8, 4) is 34.4 Å². The third-order valence-electron chi connectivity index (χ3n) is 16.1. The Bertz CT molecular complexity index is 4150. The molecule has 6 nitrogen and oxygen atoms in total. The minimum absolute atomic E-state index is 0.120. The standard InChI is InChI=1S/C66H40B2N4O2/c1-5-21-41(22-6-1)69(42-23-7-2-8-24-42)55-38-59-63-65-61(55)45-29-13-17-33-51(45)71(65)53-35-19-15-31-47(53)67(63)49-37-50-58(40-57(49)73-59)74-60-39-56(70(43-25-9-3-10-26-43)44-27-11-4-12-28-44)62-46-30-14-18-34-52(46)72-54-36-20-16-32-48(54)68(50)64(60)66(62)72/h1-40H. The van der Waals surface area contributed by atoms with Crippen LogP contribution in [0.15, 0.2) is 243 Å². The second kappa shape index (κ2) is 14.9. The molecular weight excluding hydrogens is 902 g/mol. The highest BCUT2D eigenvalue weighted by molar-refractivity contribution is 7.02. The van der Waals surface area contributed by atoms with Gasteiger partial charge in [0.05, 0.1) is 33.4 Å². The minimum Gasteiger partial charge on any atom is -0.458 e. The first-order valence-corrected chi connectivity index (χ1v) is 25.5. The Kier molecular flexibility index (Phi) is 8.08. The smallest absolute Gasteiger partial charge is 0.256 e. The fraction of sp³-hybridized carbons (Fsp3) is 0. The van der Waals surface area contributed by atoms with Gasteiger partial charge in [-0.3, -0.25) is 0 Å². The van der Waals surface area contributed by atoms with E-state index in [0.717, 1.165) is 68.0 Å². The van der Waals surface area contributed by atoms with Gasteiger partial charge in [-0.1, -0.05) is 152 Å². The number of anilines is 6. The van der Waals surface area contributed by atoms with Crippen LogP contribution >= 0.6 is 0 Å². The van der Waals surface area contributed by atoms with E-state index in [-0.39, 0.29) is 13.4 Å². The Balaban J connectivity index is 0.948. The topological polar surface area (TPSA) is 34.8 Å². The summed E-state index contributed by atoms with van der Waals surface area (Å²) in [5.74, 6) is 3.29. The molecule has 0 fully saturated rings. The molecule has 8 heteroatoms. The molecule has 4 aliphatic heterocycles. The summed E-state index contributed by atoms with van der Waals surface area (Å²) in [6.07, 6.45) is 0. The molecule has 0 N–H and O–H groups in total. The molecule has 74 heavy (non-hydrogen) atoms. The van der Waals surface area contributed by atoms with Crippen LogP contribution in [0.25, 0.3) is 55.0 Å². The Hall–Kier alpha value is -9.65. The number of ether oxygens (including phenoxy) is 2. The van der Waals surface area contributed by atoms with Gasteiger partial charge in [0.15, 0.2) is 0 Å². The first-order valence-electron chi connectivity index (χ1n) is 25.5. The van der Waals surface area contributed by atoms with Gasteiger partial charge in [-0.05, 0) is 106 Å². The van der Waals surface area contributed by atoms with E-state index in [0.29, 0.717) is 0 Å². The fourth-order valence-electron chi connectivity index (χ4n) is 13.3. The highest BCUT2D eigenvalue weighted by atomic mass is 16.5. The van der Waals surface area contributed by atoms with Gasteiger partial charge < -0.3 is 28.4 Å². The van der Waals surface area contributed by atoms with Crippen LogP contribution in [-0.2, 0) is 0 Å². The van der Waals surface area contributed by atoms with Gasteiger partial charge in [-0.2, -0.15) is 0 Å². The molecule has 11 aromatic carbocycles. The lowest BCUT2D eigenvalue weighted by molar-refractivity contribution is 0.466. The summed E-state index contributed by atoms with van der Waals surface area (Å²) < 4.78 is 20.0. The van der Waals surface area contributed by atoms with Gasteiger partial charge >= 0.3 is 0 Å². The van der Waals surface area contributed by atoms with Gasteiger partial charge in [0, 0.05) is 73.9 Å². The highest BCUT2D eigenvalue weighted by Crippen LogP contribution is 2.50. The van der Waals surface area contributed by atoms with Crippen LogP contribution in [0.2, 0.25) is 0 Å². The second-order valence-corrected chi connectivity index (χ2v) is 19.9. The van der Waals surface area contributed by atoms with Crippen LogP contribution in [0, 0.1) is 0 Å². The van der Waals surface area contributed by atoms with Gasteiger partial charge in [0.25, 0.3) is 13.4 Å². The monoisotopic (exact) mass is 942 g/mol. The zero-order chi connectivity index (χ0) is 48.2. The molecule has 2 aromatic heterocycles. The first kappa shape index (κ1) is 40.0.